The first-order valence-corrected chi connectivity index (χ1v) is 14.6. The molecule has 0 radical (unpaired) electrons. The van der Waals surface area contributed by atoms with Crippen molar-refractivity contribution in [3.8, 4) is 0 Å². The Labute approximate surface area is 234 Å². The lowest BCUT2D eigenvalue weighted by molar-refractivity contribution is -0.145. The second-order valence-corrected chi connectivity index (χ2v) is 12.6. The molecule has 4 rings (SSSR count). The summed E-state index contributed by atoms with van der Waals surface area (Å²) >= 11 is 7.75. The summed E-state index contributed by atoms with van der Waals surface area (Å²) in [5.41, 5.74) is 0.654. The third-order valence-electron chi connectivity index (χ3n) is 8.31. The number of carbonyl (C=O) groups excluding carboxylic acids is 3. The van der Waals surface area contributed by atoms with Crippen molar-refractivity contribution in [1.29, 1.82) is 0 Å². The van der Waals surface area contributed by atoms with Crippen molar-refractivity contribution >= 4 is 46.8 Å². The maximum atomic E-state index is 14.5. The number of aliphatic hydroxyl groups excluding tert-OH is 1. The molecule has 2 bridgehead atoms. The van der Waals surface area contributed by atoms with Gasteiger partial charge in [0, 0.05) is 35.6 Å². The van der Waals surface area contributed by atoms with E-state index >= 15 is 0 Å². The van der Waals surface area contributed by atoms with Gasteiger partial charge >= 0.3 is 0 Å². The molecule has 3 aliphatic heterocycles. The number of amides is 3. The standard InChI is InChI=1S/C29H38ClN3O4S/c1-6-13-31(14-7-2)26(35)23-22-16-18(4)29(38-22)24(23)27(36)33(19(5)17-34)25(29)28(37)32(15-8-3)21-11-9-20(30)10-12-21/h6,8-12,18-19,22-25,34H,1,3,7,13-17H2,2,4-5H3/t18?,19-,22-,23+,24+,25?,29?/m1/s1. The molecule has 0 aliphatic carbocycles. The van der Waals surface area contributed by atoms with Gasteiger partial charge in [0.2, 0.25) is 11.8 Å². The summed E-state index contributed by atoms with van der Waals surface area (Å²) in [7, 11) is 0. The number of hydrogen-bond donors (Lipinski definition) is 1. The van der Waals surface area contributed by atoms with Gasteiger partial charge < -0.3 is 19.8 Å². The van der Waals surface area contributed by atoms with Gasteiger partial charge in [0.1, 0.15) is 6.04 Å². The third-order valence-corrected chi connectivity index (χ3v) is 10.6. The lowest BCUT2D eigenvalue weighted by atomic mass is 9.65. The Morgan fingerprint density at radius 3 is 2.47 bits per heavy atom. The molecule has 9 heteroatoms. The minimum absolute atomic E-state index is 0.0372. The highest BCUT2D eigenvalue weighted by atomic mass is 35.5. The molecule has 3 unspecified atom stereocenters. The second kappa shape index (κ2) is 11.4. The summed E-state index contributed by atoms with van der Waals surface area (Å²) in [5.74, 6) is -1.58. The van der Waals surface area contributed by atoms with E-state index in [4.69, 9.17) is 11.6 Å². The van der Waals surface area contributed by atoms with Crippen LogP contribution in [-0.2, 0) is 14.4 Å². The van der Waals surface area contributed by atoms with E-state index in [-0.39, 0.29) is 42.0 Å². The predicted molar refractivity (Wildman–Crippen MR) is 153 cm³/mol. The summed E-state index contributed by atoms with van der Waals surface area (Å²) in [6, 6.07) is 5.62. The van der Waals surface area contributed by atoms with Crippen LogP contribution in [0.4, 0.5) is 5.69 Å². The number of rotatable bonds is 11. The molecule has 206 valence electrons. The Balaban J connectivity index is 1.81. The normalized spacial score (nSPS) is 30.2. The van der Waals surface area contributed by atoms with Crippen LogP contribution < -0.4 is 4.90 Å². The van der Waals surface area contributed by atoms with Crippen LogP contribution in [0.15, 0.2) is 49.6 Å². The van der Waals surface area contributed by atoms with Gasteiger partial charge in [-0.05, 0) is 49.9 Å². The molecule has 7 atom stereocenters. The number of likely N-dealkylation sites (tertiary alicyclic amines) is 1. The summed E-state index contributed by atoms with van der Waals surface area (Å²) in [6.07, 6.45) is 4.93. The number of carbonyl (C=O) groups is 3. The molecular formula is C29H38ClN3O4S. The molecule has 3 amide bonds. The first-order valence-electron chi connectivity index (χ1n) is 13.4. The van der Waals surface area contributed by atoms with E-state index < -0.39 is 28.7 Å². The topological polar surface area (TPSA) is 81.2 Å². The summed E-state index contributed by atoms with van der Waals surface area (Å²) in [6.45, 7) is 14.5. The van der Waals surface area contributed by atoms with Crippen molar-refractivity contribution in [3.63, 3.8) is 0 Å². The minimum atomic E-state index is -0.820. The Hall–Kier alpha value is -2.29. The van der Waals surface area contributed by atoms with E-state index in [2.05, 4.69) is 20.1 Å². The third kappa shape index (κ3) is 4.48. The number of thioether (sulfide) groups is 1. The number of aliphatic hydroxyl groups is 1. The Morgan fingerprint density at radius 1 is 1.24 bits per heavy atom. The van der Waals surface area contributed by atoms with Crippen molar-refractivity contribution in [2.24, 2.45) is 17.8 Å². The lowest BCUT2D eigenvalue weighted by Crippen LogP contribution is -2.59. The zero-order chi connectivity index (χ0) is 27.8. The largest absolute Gasteiger partial charge is 0.394 e. The molecule has 1 aromatic rings. The molecule has 3 fully saturated rings. The van der Waals surface area contributed by atoms with Crippen LogP contribution in [0, 0.1) is 17.8 Å². The van der Waals surface area contributed by atoms with Crippen LogP contribution in [0.25, 0.3) is 0 Å². The average molecular weight is 560 g/mol. The van der Waals surface area contributed by atoms with Crippen molar-refractivity contribution in [1.82, 2.24) is 9.80 Å². The van der Waals surface area contributed by atoms with Crippen LogP contribution in [-0.4, -0.2) is 80.9 Å². The molecule has 1 N–H and O–H groups in total. The summed E-state index contributed by atoms with van der Waals surface area (Å²) in [4.78, 5) is 47.7. The van der Waals surface area contributed by atoms with Crippen molar-refractivity contribution in [2.45, 2.75) is 55.7 Å². The van der Waals surface area contributed by atoms with Crippen molar-refractivity contribution in [2.75, 3.05) is 31.1 Å². The summed E-state index contributed by atoms with van der Waals surface area (Å²) < 4.78 is -0.763. The maximum absolute atomic E-state index is 14.5. The van der Waals surface area contributed by atoms with Gasteiger partial charge in [-0.2, -0.15) is 0 Å². The second-order valence-electron chi connectivity index (χ2n) is 10.6. The molecule has 0 saturated carbocycles. The first-order chi connectivity index (χ1) is 18.2. The molecule has 3 heterocycles. The molecule has 38 heavy (non-hydrogen) atoms. The van der Waals surface area contributed by atoms with Crippen LogP contribution in [0.2, 0.25) is 5.02 Å². The van der Waals surface area contributed by atoms with Gasteiger partial charge in [0.15, 0.2) is 0 Å². The van der Waals surface area contributed by atoms with Gasteiger partial charge in [0.25, 0.3) is 5.91 Å². The molecule has 3 aliphatic rings. The number of benzene rings is 1. The number of halogens is 1. The van der Waals surface area contributed by atoms with E-state index in [9.17, 15) is 19.5 Å². The first kappa shape index (κ1) is 28.7. The van der Waals surface area contributed by atoms with Crippen molar-refractivity contribution < 1.29 is 19.5 Å². The maximum Gasteiger partial charge on any atom is 0.251 e. The van der Waals surface area contributed by atoms with E-state index in [1.165, 1.54) is 0 Å². The fraction of sp³-hybridized carbons (Fsp3) is 0.552. The minimum Gasteiger partial charge on any atom is -0.394 e. The smallest absolute Gasteiger partial charge is 0.251 e. The van der Waals surface area contributed by atoms with Crippen LogP contribution in [0.3, 0.4) is 0 Å². The van der Waals surface area contributed by atoms with Gasteiger partial charge in [0.05, 0.1) is 29.2 Å². The molecular weight excluding hydrogens is 522 g/mol. The Bertz CT molecular complexity index is 1100. The highest BCUT2D eigenvalue weighted by Gasteiger charge is 2.76. The Kier molecular flexibility index (Phi) is 8.65. The lowest BCUT2D eigenvalue weighted by Gasteiger charge is -2.41. The fourth-order valence-electron chi connectivity index (χ4n) is 6.73. The fourth-order valence-corrected chi connectivity index (χ4v) is 9.25. The van der Waals surface area contributed by atoms with E-state index in [0.717, 1.165) is 12.8 Å². The highest BCUT2D eigenvalue weighted by molar-refractivity contribution is 8.02. The van der Waals surface area contributed by atoms with Gasteiger partial charge in [-0.3, -0.25) is 14.4 Å². The monoisotopic (exact) mass is 559 g/mol. The van der Waals surface area contributed by atoms with Crippen LogP contribution in [0.5, 0.6) is 0 Å². The zero-order valence-corrected chi connectivity index (χ0v) is 24.0. The van der Waals surface area contributed by atoms with E-state index in [1.807, 2.05) is 6.92 Å². The molecule has 7 nitrogen and oxygen atoms in total. The molecule has 0 aromatic heterocycles. The van der Waals surface area contributed by atoms with Gasteiger partial charge in [-0.25, -0.2) is 0 Å². The van der Waals surface area contributed by atoms with Crippen LogP contribution in [0.1, 0.15) is 33.6 Å². The number of hydrogen-bond acceptors (Lipinski definition) is 5. The summed E-state index contributed by atoms with van der Waals surface area (Å²) in [5, 5.41) is 10.7. The van der Waals surface area contributed by atoms with E-state index in [1.54, 1.807) is 69.8 Å². The number of nitrogens with zero attached hydrogens (tertiary/aromatic N) is 3. The van der Waals surface area contributed by atoms with Gasteiger partial charge in [-0.15, -0.1) is 24.9 Å². The van der Waals surface area contributed by atoms with Gasteiger partial charge in [-0.1, -0.05) is 37.6 Å². The molecule has 1 spiro atoms. The van der Waals surface area contributed by atoms with E-state index in [0.29, 0.717) is 23.8 Å². The molecule has 1 aromatic carbocycles. The predicted octanol–water partition coefficient (Wildman–Crippen LogP) is 4.00. The Morgan fingerprint density at radius 2 is 1.89 bits per heavy atom. The average Bonchev–Trinajstić information content (AvgIpc) is 3.50. The zero-order valence-electron chi connectivity index (χ0n) is 22.4. The number of fused-ring (bicyclic) bond motifs is 1. The highest BCUT2D eigenvalue weighted by Crippen LogP contribution is 2.69. The quantitative estimate of drug-likeness (QED) is 0.414. The number of anilines is 1. The SMILES string of the molecule is C=CCN(CCC)C(=O)[C@@H]1[C@H]2C(=O)N([C@H](C)CO)C(C(=O)N(CC=C)c3ccc(Cl)cc3)C23S[C@@H]1CC3C. The molecule has 3 saturated heterocycles. The van der Waals surface area contributed by atoms with Crippen LogP contribution >= 0.6 is 23.4 Å². The van der Waals surface area contributed by atoms with Crippen molar-refractivity contribution in [3.05, 3.63) is 54.6 Å².